The van der Waals surface area contributed by atoms with Gasteiger partial charge in [0.15, 0.2) is 0 Å². The molecule has 0 aliphatic heterocycles. The maximum absolute atomic E-state index is 12.3. The summed E-state index contributed by atoms with van der Waals surface area (Å²) in [5.74, 6) is -1.77. The van der Waals surface area contributed by atoms with Crippen LogP contribution < -0.4 is 5.32 Å². The van der Waals surface area contributed by atoms with Gasteiger partial charge < -0.3 is 14.9 Å². The molecule has 0 spiro atoms. The number of nitrogens with zero attached hydrogens (tertiary/aromatic N) is 1. The van der Waals surface area contributed by atoms with Gasteiger partial charge in [-0.15, -0.1) is 0 Å². The Morgan fingerprint density at radius 1 is 1.41 bits per heavy atom. The van der Waals surface area contributed by atoms with Crippen molar-refractivity contribution >= 4 is 23.5 Å². The summed E-state index contributed by atoms with van der Waals surface area (Å²) < 4.78 is 5.09. The summed E-state index contributed by atoms with van der Waals surface area (Å²) in [4.78, 5) is 23.1. The van der Waals surface area contributed by atoms with E-state index in [-0.39, 0.29) is 12.1 Å². The number of aromatic nitrogens is 1. The molecule has 0 fully saturated rings. The number of aliphatic carboxylic acids is 1. The molecular formula is C15H15ClN2O4. The molecule has 1 unspecified atom stereocenters. The van der Waals surface area contributed by atoms with Crippen LogP contribution in [0.1, 0.15) is 23.0 Å². The molecule has 0 saturated carbocycles. The van der Waals surface area contributed by atoms with Gasteiger partial charge in [-0.25, -0.2) is 0 Å². The summed E-state index contributed by atoms with van der Waals surface area (Å²) in [5.41, 5.74) is 1.17. The summed E-state index contributed by atoms with van der Waals surface area (Å²) in [5, 5.41) is 15.8. The number of rotatable bonds is 5. The summed E-state index contributed by atoms with van der Waals surface area (Å²) in [6.07, 6.45) is 0. The fourth-order valence-electron chi connectivity index (χ4n) is 1.90. The van der Waals surface area contributed by atoms with E-state index in [2.05, 4.69) is 10.5 Å². The van der Waals surface area contributed by atoms with Crippen LogP contribution in [-0.2, 0) is 4.79 Å². The van der Waals surface area contributed by atoms with E-state index >= 15 is 0 Å². The third kappa shape index (κ3) is 3.28. The fraction of sp³-hybridized carbons (Fsp3) is 0.267. The predicted octanol–water partition coefficient (Wildman–Crippen LogP) is 2.75. The van der Waals surface area contributed by atoms with Crippen molar-refractivity contribution in [3.8, 4) is 11.3 Å². The second-order valence-corrected chi connectivity index (χ2v) is 5.30. The third-order valence-corrected chi connectivity index (χ3v) is 3.54. The molecule has 1 aromatic carbocycles. The van der Waals surface area contributed by atoms with Crippen LogP contribution in [0, 0.1) is 12.8 Å². The van der Waals surface area contributed by atoms with E-state index in [0.717, 1.165) is 0 Å². The first-order chi connectivity index (χ1) is 10.4. The minimum absolute atomic E-state index is 0.0146. The highest BCUT2D eigenvalue weighted by atomic mass is 35.5. The lowest BCUT2D eigenvalue weighted by Gasteiger charge is -2.09. The van der Waals surface area contributed by atoms with Gasteiger partial charge in [-0.1, -0.05) is 41.9 Å². The van der Waals surface area contributed by atoms with Gasteiger partial charge in [0.2, 0.25) is 0 Å². The number of carbonyl (C=O) groups excluding carboxylic acids is 1. The van der Waals surface area contributed by atoms with Crippen molar-refractivity contribution in [1.29, 1.82) is 0 Å². The number of hydrogen-bond donors (Lipinski definition) is 2. The topological polar surface area (TPSA) is 92.4 Å². The SMILES string of the molecule is Cc1onc(-c2ccccc2Cl)c1C(=O)NCC(C)C(=O)O. The average molecular weight is 323 g/mol. The predicted molar refractivity (Wildman–Crippen MR) is 80.8 cm³/mol. The lowest BCUT2D eigenvalue weighted by atomic mass is 10.1. The molecule has 6 nitrogen and oxygen atoms in total. The highest BCUT2D eigenvalue weighted by Crippen LogP contribution is 2.30. The Labute approximate surface area is 132 Å². The number of nitrogens with one attached hydrogen (secondary N) is 1. The van der Waals surface area contributed by atoms with Crippen LogP contribution in [0.3, 0.4) is 0 Å². The van der Waals surface area contributed by atoms with Crippen LogP contribution in [0.25, 0.3) is 11.3 Å². The van der Waals surface area contributed by atoms with Gasteiger partial charge in [-0.3, -0.25) is 9.59 Å². The quantitative estimate of drug-likeness (QED) is 0.883. The summed E-state index contributed by atoms with van der Waals surface area (Å²) >= 11 is 6.12. The Bertz CT molecular complexity index is 711. The molecule has 7 heteroatoms. The molecule has 116 valence electrons. The molecule has 2 aromatic rings. The molecule has 0 aliphatic carbocycles. The molecule has 0 bridgehead atoms. The second-order valence-electron chi connectivity index (χ2n) is 4.89. The fourth-order valence-corrected chi connectivity index (χ4v) is 2.12. The monoisotopic (exact) mass is 322 g/mol. The van der Waals surface area contributed by atoms with Crippen LogP contribution in [0.5, 0.6) is 0 Å². The van der Waals surface area contributed by atoms with E-state index in [1.165, 1.54) is 6.92 Å². The highest BCUT2D eigenvalue weighted by molar-refractivity contribution is 6.33. The zero-order valence-electron chi connectivity index (χ0n) is 12.1. The van der Waals surface area contributed by atoms with Gasteiger partial charge in [0.1, 0.15) is 17.0 Å². The molecule has 1 atom stereocenters. The van der Waals surface area contributed by atoms with Gasteiger partial charge >= 0.3 is 5.97 Å². The zero-order chi connectivity index (χ0) is 16.3. The van der Waals surface area contributed by atoms with Crippen LogP contribution in [0.2, 0.25) is 5.02 Å². The first kappa shape index (κ1) is 16.0. The zero-order valence-corrected chi connectivity index (χ0v) is 12.8. The number of amides is 1. The summed E-state index contributed by atoms with van der Waals surface area (Å²) in [6.45, 7) is 3.14. The first-order valence-electron chi connectivity index (χ1n) is 6.64. The minimum Gasteiger partial charge on any atom is -0.481 e. The minimum atomic E-state index is -0.978. The highest BCUT2D eigenvalue weighted by Gasteiger charge is 2.23. The number of aryl methyl sites for hydroxylation is 1. The van der Waals surface area contributed by atoms with Gasteiger partial charge in [0.25, 0.3) is 5.91 Å². The molecule has 0 radical (unpaired) electrons. The Balaban J connectivity index is 2.29. The molecule has 1 amide bonds. The molecule has 2 N–H and O–H groups in total. The smallest absolute Gasteiger partial charge is 0.308 e. The average Bonchev–Trinajstić information content (AvgIpc) is 2.86. The van der Waals surface area contributed by atoms with E-state index in [1.807, 2.05) is 0 Å². The van der Waals surface area contributed by atoms with Crippen LogP contribution in [-0.4, -0.2) is 28.7 Å². The van der Waals surface area contributed by atoms with Crippen molar-refractivity contribution in [2.75, 3.05) is 6.54 Å². The molecule has 0 saturated heterocycles. The third-order valence-electron chi connectivity index (χ3n) is 3.21. The van der Waals surface area contributed by atoms with E-state index in [0.29, 0.717) is 22.0 Å². The number of hydrogen-bond acceptors (Lipinski definition) is 4. The van der Waals surface area contributed by atoms with Crippen molar-refractivity contribution in [3.63, 3.8) is 0 Å². The number of benzene rings is 1. The largest absolute Gasteiger partial charge is 0.481 e. The number of carbonyl (C=O) groups is 2. The van der Waals surface area contributed by atoms with Gasteiger partial charge in [-0.2, -0.15) is 0 Å². The van der Waals surface area contributed by atoms with E-state index in [9.17, 15) is 9.59 Å². The second kappa shape index (κ2) is 6.62. The van der Waals surface area contributed by atoms with Crippen molar-refractivity contribution in [1.82, 2.24) is 10.5 Å². The normalized spacial score (nSPS) is 12.0. The molecule has 2 rings (SSSR count). The molecular weight excluding hydrogens is 308 g/mol. The Morgan fingerprint density at radius 3 is 2.73 bits per heavy atom. The first-order valence-corrected chi connectivity index (χ1v) is 7.01. The Kier molecular flexibility index (Phi) is 4.82. The molecule has 1 aromatic heterocycles. The van der Waals surface area contributed by atoms with E-state index in [1.54, 1.807) is 31.2 Å². The van der Waals surface area contributed by atoms with Gasteiger partial charge in [0, 0.05) is 12.1 Å². The maximum atomic E-state index is 12.3. The van der Waals surface area contributed by atoms with Crippen LogP contribution >= 0.6 is 11.6 Å². The number of halogens is 1. The summed E-state index contributed by atoms with van der Waals surface area (Å²) in [6, 6.07) is 6.97. The van der Waals surface area contributed by atoms with Crippen LogP contribution in [0.4, 0.5) is 0 Å². The van der Waals surface area contributed by atoms with Crippen LogP contribution in [0.15, 0.2) is 28.8 Å². The van der Waals surface area contributed by atoms with Gasteiger partial charge in [0.05, 0.1) is 10.9 Å². The summed E-state index contributed by atoms with van der Waals surface area (Å²) in [7, 11) is 0. The number of carboxylic acids is 1. The molecule has 0 aliphatic rings. The lowest BCUT2D eigenvalue weighted by molar-refractivity contribution is -0.140. The van der Waals surface area contributed by atoms with Crippen molar-refractivity contribution in [3.05, 3.63) is 40.6 Å². The lowest BCUT2D eigenvalue weighted by Crippen LogP contribution is -2.31. The van der Waals surface area contributed by atoms with Crippen molar-refractivity contribution in [2.24, 2.45) is 5.92 Å². The van der Waals surface area contributed by atoms with E-state index < -0.39 is 17.8 Å². The van der Waals surface area contributed by atoms with Crippen molar-refractivity contribution < 1.29 is 19.2 Å². The number of carboxylic acid groups (broad SMARTS) is 1. The standard InChI is InChI=1S/C15H15ClN2O4/c1-8(15(20)21)7-17-14(19)12-9(2)22-18-13(12)10-5-3-4-6-11(10)16/h3-6,8H,7H2,1-2H3,(H,17,19)(H,20,21). The van der Waals surface area contributed by atoms with Crippen molar-refractivity contribution in [2.45, 2.75) is 13.8 Å². The maximum Gasteiger partial charge on any atom is 0.308 e. The Morgan fingerprint density at radius 2 is 2.09 bits per heavy atom. The Hall–Kier alpha value is -2.34. The molecule has 1 heterocycles. The van der Waals surface area contributed by atoms with Gasteiger partial charge in [-0.05, 0) is 13.0 Å². The van der Waals surface area contributed by atoms with E-state index in [4.69, 9.17) is 21.2 Å². The molecule has 22 heavy (non-hydrogen) atoms.